The number of nitrogens with two attached hydrogens (primary N) is 2. The first-order valence-electron chi connectivity index (χ1n) is 6.19. The molecule has 0 bridgehead atoms. The molecule has 98 valence electrons. The number of hydrogen-bond acceptors (Lipinski definition) is 5. The summed E-state index contributed by atoms with van der Waals surface area (Å²) in [4.78, 5) is 4.39. The number of rotatable bonds is 7. The molecule has 0 saturated carbocycles. The van der Waals surface area contributed by atoms with Crippen molar-refractivity contribution < 1.29 is 0 Å². The molecule has 1 rings (SSSR count). The maximum atomic E-state index is 6.37. The lowest BCUT2D eigenvalue weighted by atomic mass is 9.86. The van der Waals surface area contributed by atoms with Crippen LogP contribution in [0.1, 0.15) is 32.6 Å². The van der Waals surface area contributed by atoms with Crippen molar-refractivity contribution in [2.24, 2.45) is 22.4 Å². The number of thioether (sulfide) groups is 1. The number of hydrogen-bond donors (Lipinski definition) is 3. The quantitative estimate of drug-likeness (QED) is 0.647. The minimum absolute atomic E-state index is 0.367. The summed E-state index contributed by atoms with van der Waals surface area (Å²) in [6, 6.07) is 0. The molecule has 5 heteroatoms. The molecule has 0 fully saturated rings. The van der Waals surface area contributed by atoms with Crippen molar-refractivity contribution in [3.05, 3.63) is 12.3 Å². The van der Waals surface area contributed by atoms with E-state index in [-0.39, 0.29) is 0 Å². The maximum absolute atomic E-state index is 6.37. The number of unbranched alkanes of at least 4 members (excludes halogenated alkanes) is 1. The highest BCUT2D eigenvalue weighted by Crippen LogP contribution is 2.29. The predicted molar refractivity (Wildman–Crippen MR) is 76.8 cm³/mol. The Kier molecular flexibility index (Phi) is 5.85. The fraction of sp³-hybridized carbons (Fsp3) is 0.750. The molecule has 0 radical (unpaired) electrons. The van der Waals surface area contributed by atoms with E-state index in [4.69, 9.17) is 11.5 Å². The van der Waals surface area contributed by atoms with Crippen molar-refractivity contribution in [2.45, 2.75) is 38.3 Å². The summed E-state index contributed by atoms with van der Waals surface area (Å²) >= 11 is 1.85. The van der Waals surface area contributed by atoms with E-state index < -0.39 is 5.66 Å². The lowest BCUT2D eigenvalue weighted by molar-refractivity contribution is 0.305. The molecule has 17 heavy (non-hydrogen) atoms. The lowest BCUT2D eigenvalue weighted by Crippen LogP contribution is -2.49. The SMILES string of the molecule is CCCCC(CCSC)C1(N)C=CNC(N)=N1. The Labute approximate surface area is 108 Å². The smallest absolute Gasteiger partial charge is 0.194 e. The second-order valence-electron chi connectivity index (χ2n) is 4.48. The zero-order valence-electron chi connectivity index (χ0n) is 10.8. The second-order valence-corrected chi connectivity index (χ2v) is 5.47. The summed E-state index contributed by atoms with van der Waals surface area (Å²) in [6.07, 6.45) is 10.4. The average molecular weight is 256 g/mol. The van der Waals surface area contributed by atoms with Gasteiger partial charge in [0.05, 0.1) is 0 Å². The van der Waals surface area contributed by atoms with Crippen molar-refractivity contribution in [1.29, 1.82) is 0 Å². The highest BCUT2D eigenvalue weighted by molar-refractivity contribution is 7.98. The van der Waals surface area contributed by atoms with Crippen LogP contribution in [0.4, 0.5) is 0 Å². The number of aliphatic imine (C=N–C) groups is 1. The first-order chi connectivity index (χ1) is 8.12. The number of guanidine groups is 1. The van der Waals surface area contributed by atoms with Crippen LogP contribution in [0.5, 0.6) is 0 Å². The summed E-state index contributed by atoms with van der Waals surface area (Å²) in [5.41, 5.74) is 11.5. The first kappa shape index (κ1) is 14.4. The molecular weight excluding hydrogens is 232 g/mol. The van der Waals surface area contributed by atoms with Gasteiger partial charge in [-0.25, -0.2) is 4.99 Å². The molecule has 2 unspecified atom stereocenters. The largest absolute Gasteiger partial charge is 0.370 e. The van der Waals surface area contributed by atoms with Crippen LogP contribution in [0.2, 0.25) is 0 Å². The van der Waals surface area contributed by atoms with Gasteiger partial charge in [-0.3, -0.25) is 0 Å². The molecule has 0 aromatic heterocycles. The van der Waals surface area contributed by atoms with Crippen LogP contribution >= 0.6 is 11.8 Å². The number of nitrogens with one attached hydrogen (secondary N) is 1. The molecule has 4 nitrogen and oxygen atoms in total. The Bertz CT molecular complexity index is 282. The molecule has 5 N–H and O–H groups in total. The highest BCUT2D eigenvalue weighted by Gasteiger charge is 2.33. The van der Waals surface area contributed by atoms with Crippen molar-refractivity contribution >= 4 is 17.7 Å². The van der Waals surface area contributed by atoms with E-state index in [1.807, 2.05) is 17.8 Å². The van der Waals surface area contributed by atoms with Crippen LogP contribution in [-0.4, -0.2) is 23.6 Å². The van der Waals surface area contributed by atoms with E-state index in [9.17, 15) is 0 Å². The van der Waals surface area contributed by atoms with Gasteiger partial charge in [-0.2, -0.15) is 11.8 Å². The summed E-state index contributed by atoms with van der Waals surface area (Å²) in [6.45, 7) is 2.20. The van der Waals surface area contributed by atoms with Crippen LogP contribution in [0, 0.1) is 5.92 Å². The molecule has 1 aliphatic heterocycles. The number of nitrogens with zero attached hydrogens (tertiary/aromatic N) is 1. The van der Waals surface area contributed by atoms with Gasteiger partial charge < -0.3 is 16.8 Å². The Morgan fingerprint density at radius 1 is 1.53 bits per heavy atom. The van der Waals surface area contributed by atoms with E-state index in [0.717, 1.165) is 18.6 Å². The molecule has 0 aromatic rings. The van der Waals surface area contributed by atoms with Gasteiger partial charge in [-0.15, -0.1) is 0 Å². The summed E-state index contributed by atoms with van der Waals surface area (Å²) in [5.74, 6) is 1.90. The van der Waals surface area contributed by atoms with Gasteiger partial charge in [-0.05, 0) is 30.9 Å². The zero-order valence-corrected chi connectivity index (χ0v) is 11.6. The van der Waals surface area contributed by atoms with Gasteiger partial charge >= 0.3 is 0 Å². The zero-order chi connectivity index (χ0) is 12.7. The second kappa shape index (κ2) is 6.91. The Morgan fingerprint density at radius 2 is 2.29 bits per heavy atom. The van der Waals surface area contributed by atoms with Crippen LogP contribution in [0.15, 0.2) is 17.3 Å². The monoisotopic (exact) mass is 256 g/mol. The van der Waals surface area contributed by atoms with Crippen LogP contribution < -0.4 is 16.8 Å². The Hall–Kier alpha value is -0.680. The van der Waals surface area contributed by atoms with Crippen molar-refractivity contribution in [3.63, 3.8) is 0 Å². The molecule has 2 atom stereocenters. The van der Waals surface area contributed by atoms with Gasteiger partial charge in [-0.1, -0.05) is 19.8 Å². The van der Waals surface area contributed by atoms with E-state index >= 15 is 0 Å². The third kappa shape index (κ3) is 4.24. The molecule has 0 aromatic carbocycles. The fourth-order valence-electron chi connectivity index (χ4n) is 2.08. The van der Waals surface area contributed by atoms with Crippen LogP contribution in [-0.2, 0) is 0 Å². The molecule has 0 spiro atoms. The fourth-order valence-corrected chi connectivity index (χ4v) is 2.60. The van der Waals surface area contributed by atoms with E-state index in [1.165, 1.54) is 12.8 Å². The Morgan fingerprint density at radius 3 is 2.88 bits per heavy atom. The van der Waals surface area contributed by atoms with E-state index in [2.05, 4.69) is 23.5 Å². The topological polar surface area (TPSA) is 76.4 Å². The van der Waals surface area contributed by atoms with E-state index in [0.29, 0.717) is 11.9 Å². The molecule has 0 saturated heterocycles. The minimum atomic E-state index is -0.625. The molecular formula is C12H24N4S. The highest BCUT2D eigenvalue weighted by atomic mass is 32.2. The van der Waals surface area contributed by atoms with Gasteiger partial charge in [0.1, 0.15) is 5.66 Å². The van der Waals surface area contributed by atoms with Gasteiger partial charge in [0.15, 0.2) is 5.96 Å². The summed E-state index contributed by atoms with van der Waals surface area (Å²) in [7, 11) is 0. The molecule has 0 amide bonds. The van der Waals surface area contributed by atoms with Gasteiger partial charge in [0.2, 0.25) is 0 Å². The molecule has 1 aliphatic rings. The van der Waals surface area contributed by atoms with Gasteiger partial charge in [0.25, 0.3) is 0 Å². The Balaban J connectivity index is 2.72. The molecule has 0 aliphatic carbocycles. The predicted octanol–water partition coefficient (Wildman–Crippen LogP) is 1.63. The third-order valence-electron chi connectivity index (χ3n) is 3.13. The average Bonchev–Trinajstić information content (AvgIpc) is 2.28. The third-order valence-corrected chi connectivity index (χ3v) is 3.77. The molecule has 1 heterocycles. The standard InChI is InChI=1S/C12H24N4S/c1-3-4-5-10(6-9-17-2)12(14)7-8-15-11(13)16-12/h7-8,10H,3-6,9,14H2,1-2H3,(H3,13,15,16). The van der Waals surface area contributed by atoms with Crippen LogP contribution in [0.3, 0.4) is 0 Å². The minimum Gasteiger partial charge on any atom is -0.370 e. The van der Waals surface area contributed by atoms with Crippen LogP contribution in [0.25, 0.3) is 0 Å². The first-order valence-corrected chi connectivity index (χ1v) is 7.59. The summed E-state index contributed by atoms with van der Waals surface area (Å²) < 4.78 is 0. The maximum Gasteiger partial charge on any atom is 0.194 e. The lowest BCUT2D eigenvalue weighted by Gasteiger charge is -2.33. The van der Waals surface area contributed by atoms with Crippen molar-refractivity contribution in [2.75, 3.05) is 12.0 Å². The van der Waals surface area contributed by atoms with E-state index in [1.54, 1.807) is 6.20 Å². The van der Waals surface area contributed by atoms with Crippen molar-refractivity contribution in [1.82, 2.24) is 5.32 Å². The summed E-state index contributed by atoms with van der Waals surface area (Å²) in [5, 5.41) is 2.87. The normalized spacial score (nSPS) is 25.2. The van der Waals surface area contributed by atoms with Gasteiger partial charge in [0, 0.05) is 12.1 Å². The van der Waals surface area contributed by atoms with Crippen molar-refractivity contribution in [3.8, 4) is 0 Å².